The summed E-state index contributed by atoms with van der Waals surface area (Å²) in [5.74, 6) is -1.63. The van der Waals surface area contributed by atoms with Crippen LogP contribution in [0.5, 0.6) is 0 Å². The van der Waals surface area contributed by atoms with E-state index in [1.807, 2.05) is 24.3 Å². The SMILES string of the molecule is O=C(O)C[C@@H](Cc1cccc(C(F)(F)F)c1)NC(=O)c1ccc2ccccc2c1. The molecule has 1 atom stereocenters. The number of nitrogens with one attached hydrogen (secondary N) is 1. The molecule has 0 saturated carbocycles. The monoisotopic (exact) mass is 401 g/mol. The number of carboxylic acid groups (broad SMARTS) is 1. The number of rotatable bonds is 6. The van der Waals surface area contributed by atoms with E-state index in [0.717, 1.165) is 22.9 Å². The predicted molar refractivity (Wildman–Crippen MR) is 103 cm³/mol. The highest BCUT2D eigenvalue weighted by molar-refractivity contribution is 5.98. The molecule has 0 heterocycles. The summed E-state index contributed by atoms with van der Waals surface area (Å²) in [6.07, 6.45) is -4.93. The van der Waals surface area contributed by atoms with Crippen LogP contribution in [0.25, 0.3) is 10.8 Å². The van der Waals surface area contributed by atoms with Crippen LogP contribution in [0, 0.1) is 0 Å². The van der Waals surface area contributed by atoms with Crippen LogP contribution in [0.4, 0.5) is 13.2 Å². The van der Waals surface area contributed by atoms with E-state index in [2.05, 4.69) is 5.32 Å². The maximum absolute atomic E-state index is 12.9. The smallest absolute Gasteiger partial charge is 0.416 e. The zero-order valence-corrected chi connectivity index (χ0v) is 15.2. The average Bonchev–Trinajstić information content (AvgIpc) is 2.66. The minimum Gasteiger partial charge on any atom is -0.481 e. The number of carbonyl (C=O) groups is 2. The highest BCUT2D eigenvalue weighted by Gasteiger charge is 2.30. The summed E-state index contributed by atoms with van der Waals surface area (Å²) >= 11 is 0. The molecule has 0 radical (unpaired) electrons. The van der Waals surface area contributed by atoms with Gasteiger partial charge in [-0.3, -0.25) is 9.59 Å². The van der Waals surface area contributed by atoms with Gasteiger partial charge in [-0.1, -0.05) is 48.5 Å². The minimum absolute atomic E-state index is 0.0322. The largest absolute Gasteiger partial charge is 0.481 e. The summed E-state index contributed by atoms with van der Waals surface area (Å²) in [5, 5.41) is 13.6. The van der Waals surface area contributed by atoms with Crippen molar-refractivity contribution in [2.75, 3.05) is 0 Å². The Balaban J connectivity index is 1.79. The van der Waals surface area contributed by atoms with Gasteiger partial charge in [0.05, 0.1) is 12.0 Å². The van der Waals surface area contributed by atoms with E-state index in [9.17, 15) is 22.8 Å². The van der Waals surface area contributed by atoms with Gasteiger partial charge in [-0.25, -0.2) is 0 Å². The number of hydrogen-bond donors (Lipinski definition) is 2. The summed E-state index contributed by atoms with van der Waals surface area (Å²) in [4.78, 5) is 23.8. The zero-order valence-electron chi connectivity index (χ0n) is 15.2. The zero-order chi connectivity index (χ0) is 21.0. The lowest BCUT2D eigenvalue weighted by Gasteiger charge is -2.18. The van der Waals surface area contributed by atoms with Gasteiger partial charge in [0.25, 0.3) is 5.91 Å². The summed E-state index contributed by atoms with van der Waals surface area (Å²) in [6.45, 7) is 0. The van der Waals surface area contributed by atoms with Gasteiger partial charge in [0.2, 0.25) is 0 Å². The number of carboxylic acids is 1. The number of fused-ring (bicyclic) bond motifs is 1. The molecule has 0 saturated heterocycles. The first-order valence-electron chi connectivity index (χ1n) is 8.90. The van der Waals surface area contributed by atoms with Gasteiger partial charge in [0, 0.05) is 11.6 Å². The lowest BCUT2D eigenvalue weighted by Crippen LogP contribution is -2.38. The number of carbonyl (C=O) groups excluding carboxylic acids is 1. The maximum atomic E-state index is 12.9. The van der Waals surface area contributed by atoms with Gasteiger partial charge in [-0.2, -0.15) is 13.2 Å². The Morgan fingerprint density at radius 3 is 2.34 bits per heavy atom. The van der Waals surface area contributed by atoms with E-state index >= 15 is 0 Å². The Kier molecular flexibility index (Phi) is 5.87. The van der Waals surface area contributed by atoms with Crippen molar-refractivity contribution >= 4 is 22.6 Å². The van der Waals surface area contributed by atoms with Crippen LogP contribution in [-0.4, -0.2) is 23.0 Å². The van der Waals surface area contributed by atoms with Crippen LogP contribution in [0.1, 0.15) is 27.9 Å². The fourth-order valence-corrected chi connectivity index (χ4v) is 3.14. The Morgan fingerprint density at radius 1 is 0.931 bits per heavy atom. The highest BCUT2D eigenvalue weighted by atomic mass is 19.4. The van der Waals surface area contributed by atoms with E-state index in [1.165, 1.54) is 12.1 Å². The second-order valence-electron chi connectivity index (χ2n) is 6.73. The Labute approximate surface area is 165 Å². The van der Waals surface area contributed by atoms with Crippen LogP contribution >= 0.6 is 0 Å². The van der Waals surface area contributed by atoms with Gasteiger partial charge in [0.1, 0.15) is 0 Å². The summed E-state index contributed by atoms with van der Waals surface area (Å²) in [6, 6.07) is 16.4. The molecule has 3 aromatic carbocycles. The molecule has 0 aliphatic heterocycles. The molecule has 150 valence electrons. The molecule has 0 bridgehead atoms. The van der Waals surface area contributed by atoms with Gasteiger partial charge in [-0.15, -0.1) is 0 Å². The first-order valence-corrected chi connectivity index (χ1v) is 8.90. The third-order valence-corrected chi connectivity index (χ3v) is 4.50. The topological polar surface area (TPSA) is 66.4 Å². The number of amides is 1. The molecule has 4 nitrogen and oxygen atoms in total. The molecule has 0 aliphatic rings. The highest BCUT2D eigenvalue weighted by Crippen LogP contribution is 2.29. The number of halogens is 3. The molecule has 3 aromatic rings. The fraction of sp³-hybridized carbons (Fsp3) is 0.182. The van der Waals surface area contributed by atoms with Crippen LogP contribution in [-0.2, 0) is 17.4 Å². The summed E-state index contributed by atoms with van der Waals surface area (Å²) in [5.41, 5.74) is -0.169. The van der Waals surface area contributed by atoms with E-state index in [-0.39, 0.29) is 6.42 Å². The second kappa shape index (κ2) is 8.34. The van der Waals surface area contributed by atoms with Crippen molar-refractivity contribution in [1.29, 1.82) is 0 Å². The van der Waals surface area contributed by atoms with Gasteiger partial charge in [0.15, 0.2) is 0 Å². The standard InChI is InChI=1S/C22H18F3NO3/c23-22(24,25)18-7-3-4-14(10-18)11-19(13-20(27)28)26-21(29)17-9-8-15-5-1-2-6-16(15)12-17/h1-10,12,19H,11,13H2,(H,26,29)(H,27,28)/t19-/m1/s1. The van der Waals surface area contributed by atoms with Crippen molar-refractivity contribution in [3.05, 3.63) is 83.4 Å². The molecule has 29 heavy (non-hydrogen) atoms. The molecule has 3 rings (SSSR count). The van der Waals surface area contributed by atoms with Crippen LogP contribution in [0.3, 0.4) is 0 Å². The predicted octanol–water partition coefficient (Wildman–Crippen LogP) is 4.67. The lowest BCUT2D eigenvalue weighted by molar-refractivity contribution is -0.138. The normalized spacial score (nSPS) is 12.5. The fourth-order valence-electron chi connectivity index (χ4n) is 3.14. The van der Waals surface area contributed by atoms with Crippen molar-refractivity contribution in [2.24, 2.45) is 0 Å². The number of alkyl halides is 3. The van der Waals surface area contributed by atoms with Crippen molar-refractivity contribution < 1.29 is 27.9 Å². The molecular weight excluding hydrogens is 383 g/mol. The number of benzene rings is 3. The molecule has 7 heteroatoms. The van der Waals surface area contributed by atoms with E-state index in [0.29, 0.717) is 11.1 Å². The van der Waals surface area contributed by atoms with Crippen LogP contribution < -0.4 is 5.32 Å². The van der Waals surface area contributed by atoms with Crippen molar-refractivity contribution in [3.8, 4) is 0 Å². The summed E-state index contributed by atoms with van der Waals surface area (Å²) in [7, 11) is 0. The minimum atomic E-state index is -4.49. The summed E-state index contributed by atoms with van der Waals surface area (Å²) < 4.78 is 38.7. The third-order valence-electron chi connectivity index (χ3n) is 4.50. The molecule has 0 unspecified atom stereocenters. The quantitative estimate of drug-likeness (QED) is 0.631. The first kappa shape index (κ1) is 20.4. The Bertz CT molecular complexity index is 1050. The number of hydrogen-bond acceptors (Lipinski definition) is 2. The van der Waals surface area contributed by atoms with Crippen molar-refractivity contribution in [3.63, 3.8) is 0 Å². The second-order valence-corrected chi connectivity index (χ2v) is 6.73. The third kappa shape index (κ3) is 5.34. The molecule has 0 spiro atoms. The maximum Gasteiger partial charge on any atom is 0.416 e. The van der Waals surface area contributed by atoms with Crippen LogP contribution in [0.15, 0.2) is 66.7 Å². The first-order chi connectivity index (χ1) is 13.7. The molecule has 2 N–H and O–H groups in total. The van der Waals surface area contributed by atoms with E-state index in [1.54, 1.807) is 18.2 Å². The Hall–Kier alpha value is -3.35. The van der Waals surface area contributed by atoms with Crippen molar-refractivity contribution in [1.82, 2.24) is 5.32 Å². The molecule has 0 aromatic heterocycles. The number of aliphatic carboxylic acids is 1. The van der Waals surface area contributed by atoms with Crippen LogP contribution in [0.2, 0.25) is 0 Å². The Morgan fingerprint density at radius 2 is 1.66 bits per heavy atom. The van der Waals surface area contributed by atoms with E-state index in [4.69, 9.17) is 5.11 Å². The van der Waals surface area contributed by atoms with Gasteiger partial charge < -0.3 is 10.4 Å². The molecule has 0 aliphatic carbocycles. The molecule has 1 amide bonds. The van der Waals surface area contributed by atoms with Gasteiger partial charge >= 0.3 is 12.1 Å². The lowest BCUT2D eigenvalue weighted by atomic mass is 10.00. The van der Waals surface area contributed by atoms with E-state index < -0.39 is 36.1 Å². The molecule has 0 fully saturated rings. The van der Waals surface area contributed by atoms with Gasteiger partial charge in [-0.05, 0) is 41.0 Å². The molecular formula is C22H18F3NO3. The average molecular weight is 401 g/mol. The van der Waals surface area contributed by atoms with Crippen molar-refractivity contribution in [2.45, 2.75) is 25.1 Å².